The summed E-state index contributed by atoms with van der Waals surface area (Å²) in [6, 6.07) is 6.06. The second-order valence-electron chi connectivity index (χ2n) is 5.79. The fraction of sp³-hybridized carbons (Fsp3) is 0.353. The number of carboxylic acid groups (broad SMARTS) is 1. The molecule has 0 aliphatic carbocycles. The van der Waals surface area contributed by atoms with Crippen molar-refractivity contribution in [2.75, 3.05) is 6.54 Å². The number of carbonyl (C=O) groups is 2. The largest absolute Gasteiger partial charge is 0.481 e. The molecule has 0 fully saturated rings. The highest BCUT2D eigenvalue weighted by molar-refractivity contribution is 5.95. The third-order valence-electron chi connectivity index (χ3n) is 3.84. The molecule has 1 amide bonds. The lowest BCUT2D eigenvalue weighted by atomic mass is 10.1. The molecule has 6 heteroatoms. The SMILES string of the molecule is Cc1ccc(C)c(-n2ncc(C(=O)NCC(C)C(=O)O)c2C)c1. The zero-order valence-corrected chi connectivity index (χ0v) is 13.8. The predicted molar refractivity (Wildman–Crippen MR) is 86.9 cm³/mol. The molecule has 6 nitrogen and oxygen atoms in total. The molecule has 1 aromatic heterocycles. The van der Waals surface area contributed by atoms with E-state index in [1.165, 1.54) is 6.20 Å². The minimum absolute atomic E-state index is 0.0856. The summed E-state index contributed by atoms with van der Waals surface area (Å²) in [5.41, 5.74) is 4.28. The van der Waals surface area contributed by atoms with Gasteiger partial charge in [0.05, 0.1) is 29.1 Å². The van der Waals surface area contributed by atoms with Gasteiger partial charge in [0, 0.05) is 6.54 Å². The Balaban J connectivity index is 2.24. The fourth-order valence-electron chi connectivity index (χ4n) is 2.25. The summed E-state index contributed by atoms with van der Waals surface area (Å²) in [4.78, 5) is 23.0. The van der Waals surface area contributed by atoms with Crippen molar-refractivity contribution in [3.63, 3.8) is 0 Å². The van der Waals surface area contributed by atoms with Gasteiger partial charge in [0.25, 0.3) is 5.91 Å². The summed E-state index contributed by atoms with van der Waals surface area (Å²) in [5.74, 6) is -1.88. The number of hydrogen-bond donors (Lipinski definition) is 2. The van der Waals surface area contributed by atoms with Crippen LogP contribution in [0.2, 0.25) is 0 Å². The molecule has 0 saturated heterocycles. The van der Waals surface area contributed by atoms with Crippen molar-refractivity contribution in [3.05, 3.63) is 46.8 Å². The van der Waals surface area contributed by atoms with Gasteiger partial charge >= 0.3 is 5.97 Å². The molecule has 0 saturated carbocycles. The number of carboxylic acids is 1. The number of nitrogens with one attached hydrogen (secondary N) is 1. The Morgan fingerprint density at radius 1 is 1.30 bits per heavy atom. The molecular formula is C17H21N3O3. The number of nitrogens with zero attached hydrogens (tertiary/aromatic N) is 2. The molecule has 2 rings (SSSR count). The quantitative estimate of drug-likeness (QED) is 0.886. The Labute approximate surface area is 135 Å². The second kappa shape index (κ2) is 6.64. The van der Waals surface area contributed by atoms with Crippen LogP contribution in [0.1, 0.15) is 34.1 Å². The molecule has 122 valence electrons. The number of rotatable bonds is 5. The van der Waals surface area contributed by atoms with E-state index >= 15 is 0 Å². The number of amides is 1. The first-order valence-corrected chi connectivity index (χ1v) is 7.44. The molecule has 0 aliphatic heterocycles. The van der Waals surface area contributed by atoms with E-state index in [1.807, 2.05) is 39.0 Å². The molecular weight excluding hydrogens is 294 g/mol. The van der Waals surface area contributed by atoms with E-state index in [2.05, 4.69) is 10.4 Å². The Kier molecular flexibility index (Phi) is 4.83. The van der Waals surface area contributed by atoms with Gasteiger partial charge in [-0.25, -0.2) is 4.68 Å². The molecule has 2 aromatic rings. The molecule has 0 radical (unpaired) electrons. The van der Waals surface area contributed by atoms with Gasteiger partial charge in [0.15, 0.2) is 0 Å². The fourth-order valence-corrected chi connectivity index (χ4v) is 2.25. The minimum Gasteiger partial charge on any atom is -0.481 e. The van der Waals surface area contributed by atoms with E-state index in [4.69, 9.17) is 5.11 Å². The number of hydrogen-bond acceptors (Lipinski definition) is 3. The van der Waals surface area contributed by atoms with Crippen molar-refractivity contribution < 1.29 is 14.7 Å². The van der Waals surface area contributed by atoms with Crippen LogP contribution in [0.5, 0.6) is 0 Å². The smallest absolute Gasteiger partial charge is 0.308 e. The summed E-state index contributed by atoms with van der Waals surface area (Å²) in [6.07, 6.45) is 1.51. The standard InChI is InChI=1S/C17H21N3O3/c1-10-5-6-11(2)15(7-10)20-13(4)14(9-19-20)16(21)18-8-12(3)17(22)23/h5-7,9,12H,8H2,1-4H3,(H,18,21)(H,22,23). The van der Waals surface area contributed by atoms with E-state index in [1.54, 1.807) is 11.6 Å². The first kappa shape index (κ1) is 16.7. The van der Waals surface area contributed by atoms with Crippen molar-refractivity contribution in [1.82, 2.24) is 15.1 Å². The number of carbonyl (C=O) groups excluding carboxylic acids is 1. The van der Waals surface area contributed by atoms with Crippen LogP contribution >= 0.6 is 0 Å². The van der Waals surface area contributed by atoms with Gasteiger partial charge in [0.2, 0.25) is 0 Å². The van der Waals surface area contributed by atoms with Gasteiger partial charge in [-0.15, -0.1) is 0 Å². The maximum atomic E-state index is 12.2. The van der Waals surface area contributed by atoms with Crippen LogP contribution in [-0.2, 0) is 4.79 Å². The predicted octanol–water partition coefficient (Wildman–Crippen LogP) is 2.25. The van der Waals surface area contributed by atoms with Crippen molar-refractivity contribution in [3.8, 4) is 5.69 Å². The maximum absolute atomic E-state index is 12.2. The van der Waals surface area contributed by atoms with Crippen molar-refractivity contribution in [2.45, 2.75) is 27.7 Å². The van der Waals surface area contributed by atoms with Crippen molar-refractivity contribution in [2.24, 2.45) is 5.92 Å². The summed E-state index contributed by atoms with van der Waals surface area (Å²) >= 11 is 0. The van der Waals surface area contributed by atoms with Crippen LogP contribution in [0, 0.1) is 26.7 Å². The summed E-state index contributed by atoms with van der Waals surface area (Å²) in [5, 5.41) is 15.8. The van der Waals surface area contributed by atoms with E-state index < -0.39 is 11.9 Å². The number of aromatic nitrogens is 2. The molecule has 0 aliphatic rings. The Bertz CT molecular complexity index is 750. The van der Waals surface area contributed by atoms with E-state index in [0.29, 0.717) is 5.56 Å². The number of aliphatic carboxylic acids is 1. The van der Waals surface area contributed by atoms with Crippen LogP contribution in [0.3, 0.4) is 0 Å². The van der Waals surface area contributed by atoms with Gasteiger partial charge in [-0.05, 0) is 38.0 Å². The lowest BCUT2D eigenvalue weighted by molar-refractivity contribution is -0.140. The number of aryl methyl sites for hydroxylation is 2. The first-order chi connectivity index (χ1) is 10.8. The molecule has 1 atom stereocenters. The Hall–Kier alpha value is -2.63. The van der Waals surface area contributed by atoms with Gasteiger partial charge in [-0.1, -0.05) is 19.1 Å². The highest BCUT2D eigenvalue weighted by Gasteiger charge is 2.18. The van der Waals surface area contributed by atoms with Crippen LogP contribution < -0.4 is 5.32 Å². The maximum Gasteiger partial charge on any atom is 0.308 e. The molecule has 1 heterocycles. The van der Waals surface area contributed by atoms with Gasteiger partial charge in [-0.3, -0.25) is 9.59 Å². The summed E-state index contributed by atoms with van der Waals surface area (Å²) in [6.45, 7) is 7.45. The summed E-state index contributed by atoms with van der Waals surface area (Å²) < 4.78 is 1.73. The average Bonchev–Trinajstić information content (AvgIpc) is 2.88. The zero-order chi connectivity index (χ0) is 17.1. The lowest BCUT2D eigenvalue weighted by Gasteiger charge is -2.11. The van der Waals surface area contributed by atoms with Crippen LogP contribution in [0.4, 0.5) is 0 Å². The number of benzene rings is 1. The monoisotopic (exact) mass is 315 g/mol. The topological polar surface area (TPSA) is 84.2 Å². The lowest BCUT2D eigenvalue weighted by Crippen LogP contribution is -2.31. The molecule has 2 N–H and O–H groups in total. The minimum atomic E-state index is -0.937. The Morgan fingerprint density at radius 3 is 2.65 bits per heavy atom. The molecule has 1 aromatic carbocycles. The van der Waals surface area contributed by atoms with Crippen LogP contribution in [-0.4, -0.2) is 33.3 Å². The van der Waals surface area contributed by atoms with E-state index in [9.17, 15) is 9.59 Å². The third-order valence-corrected chi connectivity index (χ3v) is 3.84. The third kappa shape index (κ3) is 3.59. The summed E-state index contributed by atoms with van der Waals surface area (Å²) in [7, 11) is 0. The first-order valence-electron chi connectivity index (χ1n) is 7.44. The highest BCUT2D eigenvalue weighted by atomic mass is 16.4. The zero-order valence-electron chi connectivity index (χ0n) is 13.8. The van der Waals surface area contributed by atoms with E-state index in [0.717, 1.165) is 22.5 Å². The van der Waals surface area contributed by atoms with E-state index in [-0.39, 0.29) is 12.5 Å². The average molecular weight is 315 g/mol. The highest BCUT2D eigenvalue weighted by Crippen LogP contribution is 2.19. The van der Waals surface area contributed by atoms with Gasteiger partial charge in [0.1, 0.15) is 0 Å². The molecule has 23 heavy (non-hydrogen) atoms. The van der Waals surface area contributed by atoms with Gasteiger partial charge in [-0.2, -0.15) is 5.10 Å². The van der Waals surface area contributed by atoms with Gasteiger partial charge < -0.3 is 10.4 Å². The van der Waals surface area contributed by atoms with Crippen molar-refractivity contribution >= 4 is 11.9 Å². The van der Waals surface area contributed by atoms with Crippen LogP contribution in [0.25, 0.3) is 5.69 Å². The second-order valence-corrected chi connectivity index (χ2v) is 5.79. The molecule has 0 spiro atoms. The molecule has 1 unspecified atom stereocenters. The Morgan fingerprint density at radius 2 is 2.00 bits per heavy atom. The normalized spacial score (nSPS) is 12.0. The molecule has 0 bridgehead atoms. The van der Waals surface area contributed by atoms with Crippen LogP contribution in [0.15, 0.2) is 24.4 Å². The van der Waals surface area contributed by atoms with Crippen molar-refractivity contribution in [1.29, 1.82) is 0 Å².